The third-order valence-electron chi connectivity index (χ3n) is 5.70. The van der Waals surface area contributed by atoms with E-state index in [1.165, 1.54) is 5.56 Å². The molecule has 0 atom stereocenters. The van der Waals surface area contributed by atoms with E-state index < -0.39 is 0 Å². The van der Waals surface area contributed by atoms with E-state index in [2.05, 4.69) is 52.5 Å². The SMILES string of the molecule is CC.COc1cnccc1-c1c(C)sc2c(NCCCc3ccccc3)nc(-c3ccncc3)nc12. The van der Waals surface area contributed by atoms with Crippen molar-refractivity contribution >= 4 is 27.4 Å². The van der Waals surface area contributed by atoms with Crippen LogP contribution in [0, 0.1) is 6.92 Å². The molecule has 0 fully saturated rings. The molecule has 0 aliphatic heterocycles. The number of nitrogens with zero attached hydrogens (tertiary/aromatic N) is 4. The van der Waals surface area contributed by atoms with Crippen LogP contribution in [0.3, 0.4) is 0 Å². The number of methoxy groups -OCH3 is 1. The molecule has 36 heavy (non-hydrogen) atoms. The molecule has 0 aliphatic carbocycles. The van der Waals surface area contributed by atoms with Gasteiger partial charge in [-0.2, -0.15) is 0 Å². The Balaban J connectivity index is 0.00000148. The van der Waals surface area contributed by atoms with Gasteiger partial charge in [-0.3, -0.25) is 9.97 Å². The van der Waals surface area contributed by atoms with Crippen LogP contribution in [-0.2, 0) is 6.42 Å². The first-order valence-electron chi connectivity index (χ1n) is 12.2. The molecule has 5 rings (SSSR count). The average molecular weight is 498 g/mol. The molecule has 0 unspecified atom stereocenters. The topological polar surface area (TPSA) is 72.8 Å². The molecule has 0 radical (unpaired) electrons. The van der Waals surface area contributed by atoms with Gasteiger partial charge in [-0.1, -0.05) is 44.2 Å². The van der Waals surface area contributed by atoms with E-state index in [9.17, 15) is 0 Å². The highest BCUT2D eigenvalue weighted by Gasteiger charge is 2.21. The fraction of sp³-hybridized carbons (Fsp3) is 0.241. The first-order chi connectivity index (χ1) is 17.7. The average Bonchev–Trinajstić information content (AvgIpc) is 3.28. The number of pyridine rings is 2. The zero-order valence-corrected chi connectivity index (χ0v) is 22.0. The molecule has 7 heteroatoms. The standard InChI is InChI=1S/C27H25N5OS.C2H6/c1-18-23(21-12-16-29-17-22(21)33-2)24-25(34-18)27(30-13-6-9-19-7-4-3-5-8-19)32-26(31-24)20-10-14-28-15-11-20;1-2/h3-5,7-8,10-12,14-17H,6,9,13H2,1-2H3,(H,30,31,32);1-2H3. The summed E-state index contributed by atoms with van der Waals surface area (Å²) in [6, 6.07) is 16.4. The van der Waals surface area contributed by atoms with Gasteiger partial charge in [0.1, 0.15) is 11.6 Å². The van der Waals surface area contributed by atoms with Crippen LogP contribution in [0.15, 0.2) is 73.3 Å². The lowest BCUT2D eigenvalue weighted by Crippen LogP contribution is -2.06. The van der Waals surface area contributed by atoms with Gasteiger partial charge in [0.2, 0.25) is 0 Å². The van der Waals surface area contributed by atoms with Gasteiger partial charge in [0.25, 0.3) is 0 Å². The van der Waals surface area contributed by atoms with Crippen molar-refractivity contribution in [1.82, 2.24) is 19.9 Å². The molecule has 4 aromatic heterocycles. The Morgan fingerprint density at radius 1 is 0.917 bits per heavy atom. The Hall–Kier alpha value is -3.84. The van der Waals surface area contributed by atoms with Crippen molar-refractivity contribution in [3.8, 4) is 28.3 Å². The third-order valence-corrected chi connectivity index (χ3v) is 6.80. The van der Waals surface area contributed by atoms with Gasteiger partial charge in [0, 0.05) is 46.7 Å². The monoisotopic (exact) mass is 497 g/mol. The fourth-order valence-corrected chi connectivity index (χ4v) is 5.12. The molecule has 0 amide bonds. The van der Waals surface area contributed by atoms with Crippen LogP contribution in [0.4, 0.5) is 5.82 Å². The highest BCUT2D eigenvalue weighted by Crippen LogP contribution is 2.43. The van der Waals surface area contributed by atoms with E-state index >= 15 is 0 Å². The molecule has 4 heterocycles. The molecule has 5 aromatic rings. The number of anilines is 1. The van der Waals surface area contributed by atoms with Crippen molar-refractivity contribution in [2.24, 2.45) is 0 Å². The number of thiophene rings is 1. The Morgan fingerprint density at radius 3 is 2.42 bits per heavy atom. The van der Waals surface area contributed by atoms with Crippen molar-refractivity contribution in [3.63, 3.8) is 0 Å². The van der Waals surface area contributed by atoms with Gasteiger partial charge in [0.05, 0.1) is 23.5 Å². The van der Waals surface area contributed by atoms with E-state index in [0.29, 0.717) is 5.82 Å². The second-order valence-corrected chi connectivity index (χ2v) is 9.16. The largest absolute Gasteiger partial charge is 0.494 e. The van der Waals surface area contributed by atoms with Crippen molar-refractivity contribution in [3.05, 3.63) is 83.8 Å². The van der Waals surface area contributed by atoms with Gasteiger partial charge < -0.3 is 10.1 Å². The lowest BCUT2D eigenvalue weighted by molar-refractivity contribution is 0.414. The molecule has 6 nitrogen and oxygen atoms in total. The lowest BCUT2D eigenvalue weighted by atomic mass is 10.1. The van der Waals surface area contributed by atoms with Crippen LogP contribution in [0.25, 0.3) is 32.7 Å². The zero-order chi connectivity index (χ0) is 25.3. The number of ether oxygens (including phenoxy) is 1. The fourth-order valence-electron chi connectivity index (χ4n) is 4.05. The van der Waals surface area contributed by atoms with Gasteiger partial charge >= 0.3 is 0 Å². The first kappa shape index (κ1) is 25.3. The molecule has 0 spiro atoms. The number of fused-ring (bicyclic) bond motifs is 1. The molecule has 0 bridgehead atoms. The molecular formula is C29H31N5OS. The third kappa shape index (κ3) is 5.52. The van der Waals surface area contributed by atoms with E-state index in [1.54, 1.807) is 43.2 Å². The van der Waals surface area contributed by atoms with E-state index in [4.69, 9.17) is 14.7 Å². The minimum Gasteiger partial charge on any atom is -0.494 e. The molecule has 0 saturated carbocycles. The number of hydrogen-bond acceptors (Lipinski definition) is 7. The predicted octanol–water partition coefficient (Wildman–Crippen LogP) is 7.20. The zero-order valence-electron chi connectivity index (χ0n) is 21.2. The van der Waals surface area contributed by atoms with E-state index in [1.807, 2.05) is 32.0 Å². The smallest absolute Gasteiger partial charge is 0.162 e. The minimum absolute atomic E-state index is 0.674. The second kappa shape index (κ2) is 12.2. The second-order valence-electron chi connectivity index (χ2n) is 7.93. The number of hydrogen-bond donors (Lipinski definition) is 1. The van der Waals surface area contributed by atoms with Crippen molar-refractivity contribution < 1.29 is 4.74 Å². The maximum atomic E-state index is 5.61. The maximum Gasteiger partial charge on any atom is 0.162 e. The van der Waals surface area contributed by atoms with Crippen LogP contribution in [0.5, 0.6) is 5.75 Å². The Kier molecular flexibility index (Phi) is 8.57. The highest BCUT2D eigenvalue weighted by atomic mass is 32.1. The Bertz CT molecular complexity index is 1400. The summed E-state index contributed by atoms with van der Waals surface area (Å²) in [6.45, 7) is 6.94. The van der Waals surface area contributed by atoms with Gasteiger partial charge in [-0.25, -0.2) is 9.97 Å². The molecule has 1 aromatic carbocycles. The molecule has 1 N–H and O–H groups in total. The van der Waals surface area contributed by atoms with Gasteiger partial charge in [-0.15, -0.1) is 11.3 Å². The normalized spacial score (nSPS) is 10.6. The van der Waals surface area contributed by atoms with Gasteiger partial charge in [0.15, 0.2) is 5.82 Å². The van der Waals surface area contributed by atoms with E-state index in [0.717, 1.165) is 62.7 Å². The molecule has 184 valence electrons. The number of benzene rings is 1. The first-order valence-corrected chi connectivity index (χ1v) is 13.0. The molecular weight excluding hydrogens is 466 g/mol. The lowest BCUT2D eigenvalue weighted by Gasteiger charge is -2.11. The molecule has 0 saturated heterocycles. The summed E-state index contributed by atoms with van der Waals surface area (Å²) in [5, 5.41) is 3.59. The number of aromatic nitrogens is 4. The van der Waals surface area contributed by atoms with Gasteiger partial charge in [-0.05, 0) is 43.5 Å². The van der Waals surface area contributed by atoms with Crippen molar-refractivity contribution in [2.45, 2.75) is 33.6 Å². The van der Waals surface area contributed by atoms with Crippen molar-refractivity contribution in [1.29, 1.82) is 0 Å². The quantitative estimate of drug-likeness (QED) is 0.229. The summed E-state index contributed by atoms with van der Waals surface area (Å²) in [5.74, 6) is 2.26. The summed E-state index contributed by atoms with van der Waals surface area (Å²) in [6.07, 6.45) is 9.08. The van der Waals surface area contributed by atoms with E-state index in [-0.39, 0.29) is 0 Å². The summed E-state index contributed by atoms with van der Waals surface area (Å²) in [4.78, 5) is 19.5. The number of rotatable bonds is 8. The predicted molar refractivity (Wildman–Crippen MR) is 150 cm³/mol. The number of nitrogens with one attached hydrogen (secondary N) is 1. The summed E-state index contributed by atoms with van der Waals surface area (Å²) < 4.78 is 6.66. The maximum absolute atomic E-state index is 5.61. The van der Waals surface area contributed by atoms with Crippen LogP contribution in [0.2, 0.25) is 0 Å². The van der Waals surface area contributed by atoms with Crippen LogP contribution in [0.1, 0.15) is 30.7 Å². The summed E-state index contributed by atoms with van der Waals surface area (Å²) in [7, 11) is 1.67. The summed E-state index contributed by atoms with van der Waals surface area (Å²) >= 11 is 1.70. The summed E-state index contributed by atoms with van der Waals surface area (Å²) in [5.41, 5.74) is 5.23. The van der Waals surface area contributed by atoms with Crippen LogP contribution < -0.4 is 10.1 Å². The minimum atomic E-state index is 0.674. The van der Waals surface area contributed by atoms with Crippen LogP contribution >= 0.6 is 11.3 Å². The Labute approximate surface area is 216 Å². The number of aryl methyl sites for hydroxylation is 2. The van der Waals surface area contributed by atoms with Crippen LogP contribution in [-0.4, -0.2) is 33.6 Å². The van der Waals surface area contributed by atoms with Crippen molar-refractivity contribution in [2.75, 3.05) is 19.0 Å². The Morgan fingerprint density at radius 2 is 1.67 bits per heavy atom. The highest BCUT2D eigenvalue weighted by molar-refractivity contribution is 7.20. The molecule has 0 aliphatic rings.